The SMILES string of the molecule is CCOC(=O)[C@H](NCc1ccccc1)[C@H](O)[C@H](Cc1ccccc1)NC(=O)OC(C)(C)C. The highest BCUT2D eigenvalue weighted by atomic mass is 16.6. The van der Waals surface area contributed by atoms with Gasteiger partial charge in [0.25, 0.3) is 0 Å². The van der Waals surface area contributed by atoms with E-state index in [9.17, 15) is 14.7 Å². The molecule has 0 aromatic heterocycles. The molecule has 0 heterocycles. The number of amides is 1. The van der Waals surface area contributed by atoms with Gasteiger partial charge in [-0.3, -0.25) is 10.1 Å². The molecule has 0 saturated heterocycles. The van der Waals surface area contributed by atoms with Crippen LogP contribution in [0, 0.1) is 0 Å². The number of nitrogens with one attached hydrogen (secondary N) is 2. The quantitative estimate of drug-likeness (QED) is 0.489. The van der Waals surface area contributed by atoms with Crippen LogP contribution in [0.1, 0.15) is 38.8 Å². The first kappa shape index (κ1) is 25.4. The van der Waals surface area contributed by atoms with E-state index in [1.165, 1.54) is 0 Å². The highest BCUT2D eigenvalue weighted by molar-refractivity contribution is 5.77. The Hall–Kier alpha value is -2.90. The number of ether oxygens (including phenoxy) is 2. The number of hydrogen-bond donors (Lipinski definition) is 3. The maximum Gasteiger partial charge on any atom is 0.407 e. The lowest BCUT2D eigenvalue weighted by Gasteiger charge is -2.31. The molecule has 3 N–H and O–H groups in total. The highest BCUT2D eigenvalue weighted by Gasteiger charge is 2.35. The van der Waals surface area contributed by atoms with Gasteiger partial charge in [0.05, 0.1) is 12.6 Å². The van der Waals surface area contributed by atoms with Gasteiger partial charge in [-0.2, -0.15) is 0 Å². The van der Waals surface area contributed by atoms with Crippen LogP contribution >= 0.6 is 0 Å². The van der Waals surface area contributed by atoms with Crippen LogP contribution in [-0.2, 0) is 27.2 Å². The Morgan fingerprint density at radius 3 is 2.06 bits per heavy atom. The molecule has 174 valence electrons. The predicted octanol–water partition coefficient (Wildman–Crippen LogP) is 3.20. The molecule has 0 radical (unpaired) electrons. The lowest BCUT2D eigenvalue weighted by atomic mass is 9.96. The fourth-order valence-corrected chi connectivity index (χ4v) is 3.22. The Bertz CT molecular complexity index is 836. The van der Waals surface area contributed by atoms with Crippen LogP contribution in [0.25, 0.3) is 0 Å². The summed E-state index contributed by atoms with van der Waals surface area (Å²) in [5, 5.41) is 17.0. The van der Waals surface area contributed by atoms with E-state index in [1.807, 2.05) is 60.7 Å². The summed E-state index contributed by atoms with van der Waals surface area (Å²) in [6.07, 6.45) is -1.61. The average Bonchev–Trinajstić information content (AvgIpc) is 2.73. The lowest BCUT2D eigenvalue weighted by molar-refractivity contribution is -0.149. The molecule has 0 aliphatic carbocycles. The van der Waals surface area contributed by atoms with Gasteiger partial charge in [-0.1, -0.05) is 60.7 Å². The lowest BCUT2D eigenvalue weighted by Crippen LogP contribution is -2.57. The second-order valence-corrected chi connectivity index (χ2v) is 8.53. The van der Waals surface area contributed by atoms with Crippen molar-refractivity contribution in [2.45, 2.75) is 64.4 Å². The summed E-state index contributed by atoms with van der Waals surface area (Å²) < 4.78 is 10.6. The molecule has 2 aromatic carbocycles. The van der Waals surface area contributed by atoms with Gasteiger partial charge >= 0.3 is 12.1 Å². The van der Waals surface area contributed by atoms with Gasteiger partial charge in [0.15, 0.2) is 0 Å². The van der Waals surface area contributed by atoms with E-state index in [0.717, 1.165) is 11.1 Å². The van der Waals surface area contributed by atoms with Crippen molar-refractivity contribution in [3.63, 3.8) is 0 Å². The molecular formula is C25H34N2O5. The first-order chi connectivity index (χ1) is 15.2. The third-order valence-electron chi connectivity index (χ3n) is 4.66. The van der Waals surface area contributed by atoms with E-state index in [0.29, 0.717) is 13.0 Å². The summed E-state index contributed by atoms with van der Waals surface area (Å²) in [5.41, 5.74) is 1.16. The molecule has 1 amide bonds. The van der Waals surface area contributed by atoms with Crippen molar-refractivity contribution in [3.05, 3.63) is 71.8 Å². The Balaban J connectivity index is 2.23. The van der Waals surface area contributed by atoms with Crippen molar-refractivity contribution in [1.82, 2.24) is 10.6 Å². The maximum atomic E-state index is 12.7. The Morgan fingerprint density at radius 2 is 1.53 bits per heavy atom. The van der Waals surface area contributed by atoms with Crippen molar-refractivity contribution < 1.29 is 24.2 Å². The number of carbonyl (C=O) groups excluding carboxylic acids is 2. The van der Waals surface area contributed by atoms with Gasteiger partial charge in [-0.25, -0.2) is 4.79 Å². The third-order valence-corrected chi connectivity index (χ3v) is 4.66. The topological polar surface area (TPSA) is 96.9 Å². The first-order valence-corrected chi connectivity index (χ1v) is 10.8. The summed E-state index contributed by atoms with van der Waals surface area (Å²) in [4.78, 5) is 25.2. The summed E-state index contributed by atoms with van der Waals surface area (Å²) in [5.74, 6) is -0.583. The van der Waals surface area contributed by atoms with Gasteiger partial charge in [0.2, 0.25) is 0 Å². The zero-order chi connectivity index (χ0) is 23.6. The number of aliphatic hydroxyl groups excluding tert-OH is 1. The van der Waals surface area contributed by atoms with Crippen molar-refractivity contribution >= 4 is 12.1 Å². The summed E-state index contributed by atoms with van der Waals surface area (Å²) in [6.45, 7) is 7.52. The van der Waals surface area contributed by atoms with Gasteiger partial charge in [-0.15, -0.1) is 0 Å². The second-order valence-electron chi connectivity index (χ2n) is 8.53. The monoisotopic (exact) mass is 442 g/mol. The number of carbonyl (C=O) groups is 2. The maximum absolute atomic E-state index is 12.7. The molecule has 3 atom stereocenters. The Kier molecular flexibility index (Phi) is 9.68. The van der Waals surface area contributed by atoms with Gasteiger partial charge in [0, 0.05) is 6.54 Å². The van der Waals surface area contributed by atoms with Crippen molar-refractivity contribution in [3.8, 4) is 0 Å². The van der Waals surface area contributed by atoms with E-state index < -0.39 is 35.9 Å². The van der Waals surface area contributed by atoms with E-state index in [1.54, 1.807) is 27.7 Å². The molecule has 2 aromatic rings. The fourth-order valence-electron chi connectivity index (χ4n) is 3.22. The molecule has 0 spiro atoms. The van der Waals surface area contributed by atoms with E-state index in [2.05, 4.69) is 10.6 Å². The molecule has 0 fully saturated rings. The van der Waals surface area contributed by atoms with Crippen LogP contribution in [0.5, 0.6) is 0 Å². The number of rotatable bonds is 10. The standard InChI is InChI=1S/C25H34N2O5/c1-5-31-23(29)21(26-17-19-14-10-7-11-15-19)22(28)20(16-18-12-8-6-9-13-18)27-24(30)32-25(2,3)4/h6-15,20-22,26,28H,5,16-17H2,1-4H3,(H,27,30)/t20-,21+,22+/m0/s1. The zero-order valence-corrected chi connectivity index (χ0v) is 19.2. The van der Waals surface area contributed by atoms with E-state index >= 15 is 0 Å². The minimum atomic E-state index is -1.26. The minimum absolute atomic E-state index is 0.178. The molecule has 0 bridgehead atoms. The number of aliphatic hydroxyl groups is 1. The van der Waals surface area contributed by atoms with Crippen LogP contribution in [0.4, 0.5) is 4.79 Å². The van der Waals surface area contributed by atoms with Crippen molar-refractivity contribution in [2.75, 3.05) is 6.61 Å². The molecule has 0 aliphatic heterocycles. The minimum Gasteiger partial charge on any atom is -0.465 e. The summed E-state index contributed by atoms with van der Waals surface area (Å²) in [7, 11) is 0. The van der Waals surface area contributed by atoms with Gasteiger partial charge in [-0.05, 0) is 45.2 Å². The van der Waals surface area contributed by atoms with Crippen LogP contribution in [0.2, 0.25) is 0 Å². The molecule has 0 unspecified atom stereocenters. The largest absolute Gasteiger partial charge is 0.465 e. The Morgan fingerprint density at radius 1 is 0.969 bits per heavy atom. The number of hydrogen-bond acceptors (Lipinski definition) is 6. The zero-order valence-electron chi connectivity index (χ0n) is 19.2. The number of benzene rings is 2. The van der Waals surface area contributed by atoms with Crippen molar-refractivity contribution in [1.29, 1.82) is 0 Å². The summed E-state index contributed by atoms with van der Waals surface area (Å²) in [6, 6.07) is 17.1. The average molecular weight is 443 g/mol. The van der Waals surface area contributed by atoms with Crippen LogP contribution < -0.4 is 10.6 Å². The molecule has 2 rings (SSSR count). The molecule has 7 heteroatoms. The van der Waals surface area contributed by atoms with Gasteiger partial charge in [0.1, 0.15) is 17.7 Å². The molecule has 32 heavy (non-hydrogen) atoms. The third kappa shape index (κ3) is 8.69. The van der Waals surface area contributed by atoms with Crippen LogP contribution in [0.3, 0.4) is 0 Å². The van der Waals surface area contributed by atoms with Crippen molar-refractivity contribution in [2.24, 2.45) is 0 Å². The smallest absolute Gasteiger partial charge is 0.407 e. The second kappa shape index (κ2) is 12.2. The van der Waals surface area contributed by atoms with Crippen LogP contribution in [-0.4, -0.2) is 47.6 Å². The molecule has 0 saturated carbocycles. The highest BCUT2D eigenvalue weighted by Crippen LogP contribution is 2.13. The number of alkyl carbamates (subject to hydrolysis) is 1. The predicted molar refractivity (Wildman–Crippen MR) is 123 cm³/mol. The van der Waals surface area contributed by atoms with E-state index in [4.69, 9.17) is 9.47 Å². The normalized spacial score (nSPS) is 14.2. The van der Waals surface area contributed by atoms with Crippen LogP contribution in [0.15, 0.2) is 60.7 Å². The number of esters is 1. The van der Waals surface area contributed by atoms with Gasteiger partial charge < -0.3 is 19.9 Å². The van der Waals surface area contributed by atoms with E-state index in [-0.39, 0.29) is 6.61 Å². The summed E-state index contributed by atoms with van der Waals surface area (Å²) >= 11 is 0. The fraction of sp³-hybridized carbons (Fsp3) is 0.440. The molecule has 0 aliphatic rings. The first-order valence-electron chi connectivity index (χ1n) is 10.8. The molecule has 7 nitrogen and oxygen atoms in total. The molecular weight excluding hydrogens is 408 g/mol. The Labute approximate surface area is 190 Å².